The first-order valence-electron chi connectivity index (χ1n) is 5.72. The third-order valence-electron chi connectivity index (χ3n) is 2.69. The predicted molar refractivity (Wildman–Crippen MR) is 61.5 cm³/mol. The van der Waals surface area contributed by atoms with Crippen LogP contribution in [0.4, 0.5) is 0 Å². The van der Waals surface area contributed by atoms with Gasteiger partial charge in [-0.25, -0.2) is 0 Å². The lowest BCUT2D eigenvalue weighted by Crippen LogP contribution is -2.26. The van der Waals surface area contributed by atoms with Crippen LogP contribution in [-0.4, -0.2) is 21.3 Å². The van der Waals surface area contributed by atoms with E-state index in [1.807, 2.05) is 11.6 Å². The summed E-state index contributed by atoms with van der Waals surface area (Å²) in [4.78, 5) is 0. The fraction of sp³-hybridized carbons (Fsp3) is 0.818. The SMILES string of the molecule is CCCC(C)CNC(C)c1nncn1C. The van der Waals surface area contributed by atoms with E-state index in [4.69, 9.17) is 0 Å². The molecule has 1 aromatic heterocycles. The van der Waals surface area contributed by atoms with E-state index in [9.17, 15) is 0 Å². The Labute approximate surface area is 92.1 Å². The zero-order valence-electron chi connectivity index (χ0n) is 10.2. The van der Waals surface area contributed by atoms with E-state index in [2.05, 4.69) is 36.3 Å². The van der Waals surface area contributed by atoms with Crippen molar-refractivity contribution in [3.63, 3.8) is 0 Å². The molecule has 2 atom stereocenters. The number of rotatable bonds is 6. The van der Waals surface area contributed by atoms with Gasteiger partial charge in [-0.05, 0) is 25.8 Å². The maximum absolute atomic E-state index is 4.09. The molecular weight excluding hydrogens is 188 g/mol. The number of hydrogen-bond acceptors (Lipinski definition) is 3. The Bertz CT molecular complexity index is 282. The van der Waals surface area contributed by atoms with Crippen LogP contribution in [-0.2, 0) is 7.05 Å². The molecule has 1 aromatic rings. The first kappa shape index (κ1) is 12.2. The summed E-state index contributed by atoms with van der Waals surface area (Å²) in [5, 5.41) is 11.5. The van der Waals surface area contributed by atoms with Crippen molar-refractivity contribution in [3.05, 3.63) is 12.2 Å². The Hall–Kier alpha value is -0.900. The monoisotopic (exact) mass is 210 g/mol. The van der Waals surface area contributed by atoms with Gasteiger partial charge in [0.25, 0.3) is 0 Å². The molecule has 0 aromatic carbocycles. The van der Waals surface area contributed by atoms with Crippen LogP contribution in [0.1, 0.15) is 45.5 Å². The molecule has 0 bridgehead atoms. The molecule has 15 heavy (non-hydrogen) atoms. The van der Waals surface area contributed by atoms with Gasteiger partial charge in [-0.1, -0.05) is 20.3 Å². The summed E-state index contributed by atoms with van der Waals surface area (Å²) in [6.45, 7) is 7.67. The Kier molecular flexibility index (Phi) is 4.75. The molecule has 0 saturated carbocycles. The lowest BCUT2D eigenvalue weighted by atomic mass is 10.1. The summed E-state index contributed by atoms with van der Waals surface area (Å²) in [6, 6.07) is 0.275. The smallest absolute Gasteiger partial charge is 0.149 e. The molecule has 4 heteroatoms. The number of nitrogens with zero attached hydrogens (tertiary/aromatic N) is 3. The van der Waals surface area contributed by atoms with Gasteiger partial charge in [-0.3, -0.25) is 0 Å². The molecule has 0 spiro atoms. The highest BCUT2D eigenvalue weighted by atomic mass is 15.3. The minimum Gasteiger partial charge on any atom is -0.319 e. The van der Waals surface area contributed by atoms with E-state index in [1.165, 1.54) is 12.8 Å². The van der Waals surface area contributed by atoms with Gasteiger partial charge in [0.05, 0.1) is 6.04 Å². The Morgan fingerprint density at radius 3 is 2.73 bits per heavy atom. The van der Waals surface area contributed by atoms with Crippen molar-refractivity contribution in [1.29, 1.82) is 0 Å². The summed E-state index contributed by atoms with van der Waals surface area (Å²) in [5.41, 5.74) is 0. The predicted octanol–water partition coefficient (Wildman–Crippen LogP) is 1.90. The van der Waals surface area contributed by atoms with Crippen LogP contribution in [0.25, 0.3) is 0 Å². The maximum Gasteiger partial charge on any atom is 0.149 e. The van der Waals surface area contributed by atoms with Gasteiger partial charge in [0.1, 0.15) is 12.2 Å². The third-order valence-corrected chi connectivity index (χ3v) is 2.69. The molecule has 1 rings (SSSR count). The third kappa shape index (κ3) is 3.63. The van der Waals surface area contributed by atoms with E-state index >= 15 is 0 Å². The van der Waals surface area contributed by atoms with Crippen molar-refractivity contribution in [2.45, 2.75) is 39.7 Å². The summed E-state index contributed by atoms with van der Waals surface area (Å²) in [6.07, 6.45) is 4.27. The highest BCUT2D eigenvalue weighted by Crippen LogP contribution is 2.09. The van der Waals surface area contributed by atoms with E-state index in [0.29, 0.717) is 0 Å². The molecule has 4 nitrogen and oxygen atoms in total. The van der Waals surface area contributed by atoms with Crippen molar-refractivity contribution in [3.8, 4) is 0 Å². The van der Waals surface area contributed by atoms with Gasteiger partial charge in [-0.2, -0.15) is 0 Å². The summed E-state index contributed by atoms with van der Waals surface area (Å²) in [5.74, 6) is 1.73. The molecule has 0 amide bonds. The molecular formula is C11H22N4. The molecule has 86 valence electrons. The number of aromatic nitrogens is 3. The van der Waals surface area contributed by atoms with Crippen LogP contribution >= 0.6 is 0 Å². The van der Waals surface area contributed by atoms with E-state index in [-0.39, 0.29) is 6.04 Å². The quantitative estimate of drug-likeness (QED) is 0.780. The minimum atomic E-state index is 0.275. The number of nitrogens with one attached hydrogen (secondary N) is 1. The second-order valence-electron chi connectivity index (χ2n) is 4.32. The molecule has 1 heterocycles. The highest BCUT2D eigenvalue weighted by Gasteiger charge is 2.11. The molecule has 0 fully saturated rings. The van der Waals surface area contributed by atoms with Crippen molar-refractivity contribution < 1.29 is 0 Å². The fourth-order valence-corrected chi connectivity index (χ4v) is 1.75. The molecule has 0 aliphatic heterocycles. The Balaban J connectivity index is 2.36. The largest absolute Gasteiger partial charge is 0.319 e. The van der Waals surface area contributed by atoms with Crippen LogP contribution in [0.3, 0.4) is 0 Å². The van der Waals surface area contributed by atoms with Crippen molar-refractivity contribution in [2.75, 3.05) is 6.54 Å². The molecule has 0 saturated heterocycles. The van der Waals surface area contributed by atoms with Crippen LogP contribution in [0.2, 0.25) is 0 Å². The van der Waals surface area contributed by atoms with E-state index in [1.54, 1.807) is 6.33 Å². The highest BCUT2D eigenvalue weighted by molar-refractivity contribution is 4.91. The topological polar surface area (TPSA) is 42.7 Å². The number of hydrogen-bond donors (Lipinski definition) is 1. The molecule has 2 unspecified atom stereocenters. The molecule has 0 radical (unpaired) electrons. The van der Waals surface area contributed by atoms with E-state index in [0.717, 1.165) is 18.3 Å². The van der Waals surface area contributed by atoms with Crippen molar-refractivity contribution in [2.24, 2.45) is 13.0 Å². The van der Waals surface area contributed by atoms with Gasteiger partial charge in [-0.15, -0.1) is 10.2 Å². The standard InChI is InChI=1S/C11H22N4/c1-5-6-9(2)7-12-10(3)11-14-13-8-15(11)4/h8-10,12H,5-7H2,1-4H3. The molecule has 1 N–H and O–H groups in total. The van der Waals surface area contributed by atoms with Crippen LogP contribution in [0.15, 0.2) is 6.33 Å². The van der Waals surface area contributed by atoms with Crippen molar-refractivity contribution >= 4 is 0 Å². The zero-order chi connectivity index (χ0) is 11.3. The first-order chi connectivity index (χ1) is 7.15. The maximum atomic E-state index is 4.09. The van der Waals surface area contributed by atoms with Gasteiger partial charge in [0.15, 0.2) is 0 Å². The lowest BCUT2D eigenvalue weighted by Gasteiger charge is -2.16. The summed E-state index contributed by atoms with van der Waals surface area (Å²) < 4.78 is 1.96. The Morgan fingerprint density at radius 1 is 1.47 bits per heavy atom. The minimum absolute atomic E-state index is 0.275. The second kappa shape index (κ2) is 5.85. The Morgan fingerprint density at radius 2 is 2.20 bits per heavy atom. The van der Waals surface area contributed by atoms with Gasteiger partial charge in [0, 0.05) is 7.05 Å². The fourth-order valence-electron chi connectivity index (χ4n) is 1.75. The molecule has 0 aliphatic carbocycles. The van der Waals surface area contributed by atoms with Crippen LogP contribution < -0.4 is 5.32 Å². The van der Waals surface area contributed by atoms with Crippen LogP contribution in [0, 0.1) is 5.92 Å². The normalized spacial score (nSPS) is 15.2. The summed E-state index contributed by atoms with van der Waals surface area (Å²) >= 11 is 0. The number of aryl methyl sites for hydroxylation is 1. The lowest BCUT2D eigenvalue weighted by molar-refractivity contribution is 0.430. The van der Waals surface area contributed by atoms with Gasteiger partial charge in [0.2, 0.25) is 0 Å². The van der Waals surface area contributed by atoms with E-state index < -0.39 is 0 Å². The van der Waals surface area contributed by atoms with Gasteiger partial charge < -0.3 is 9.88 Å². The average molecular weight is 210 g/mol. The summed E-state index contributed by atoms with van der Waals surface area (Å²) in [7, 11) is 1.98. The van der Waals surface area contributed by atoms with Crippen molar-refractivity contribution in [1.82, 2.24) is 20.1 Å². The molecule has 0 aliphatic rings. The first-order valence-corrected chi connectivity index (χ1v) is 5.72. The van der Waals surface area contributed by atoms with Gasteiger partial charge >= 0.3 is 0 Å². The second-order valence-corrected chi connectivity index (χ2v) is 4.32. The van der Waals surface area contributed by atoms with Crippen LogP contribution in [0.5, 0.6) is 0 Å². The average Bonchev–Trinajstić information content (AvgIpc) is 2.61. The zero-order valence-corrected chi connectivity index (χ0v) is 10.2.